The first kappa shape index (κ1) is 9.44. The smallest absolute Gasteiger partial charge is 0.0777 e. The second kappa shape index (κ2) is 2.47. The monoisotopic (exact) mass is 185 g/mol. The fourth-order valence-corrected chi connectivity index (χ4v) is 3.50. The van der Waals surface area contributed by atoms with Crippen molar-refractivity contribution in [2.45, 2.75) is 45.8 Å². The summed E-state index contributed by atoms with van der Waals surface area (Å²) in [4.78, 5) is 0. The highest BCUT2D eigenvalue weighted by Crippen LogP contribution is 2.65. The largest absolute Gasteiger partial charge is 0.391 e. The number of hydrogen-bond acceptors (Lipinski definition) is 3. The van der Waals surface area contributed by atoms with Crippen LogP contribution in [-0.4, -0.2) is 22.5 Å². The highest BCUT2D eigenvalue weighted by molar-refractivity contribution is 5.16. The molecule has 2 fully saturated rings. The van der Waals surface area contributed by atoms with Gasteiger partial charge in [0.2, 0.25) is 0 Å². The van der Waals surface area contributed by atoms with Gasteiger partial charge in [-0.15, -0.1) is 0 Å². The first-order valence-corrected chi connectivity index (χ1v) is 5.03. The zero-order valence-electron chi connectivity index (χ0n) is 8.54. The number of nitrogens with one attached hydrogen (secondary N) is 1. The number of fused-ring (bicyclic) bond motifs is 2. The molecule has 3 heteroatoms. The molecule has 0 aromatic carbocycles. The van der Waals surface area contributed by atoms with Gasteiger partial charge in [-0.2, -0.15) is 5.48 Å². The molecule has 4 atom stereocenters. The van der Waals surface area contributed by atoms with Gasteiger partial charge in [-0.25, -0.2) is 0 Å². The van der Waals surface area contributed by atoms with E-state index >= 15 is 0 Å². The van der Waals surface area contributed by atoms with Crippen molar-refractivity contribution in [2.75, 3.05) is 0 Å². The summed E-state index contributed by atoms with van der Waals surface area (Å²) in [6.45, 7) is 6.53. The van der Waals surface area contributed by atoms with E-state index in [1.807, 2.05) is 0 Å². The van der Waals surface area contributed by atoms with E-state index in [9.17, 15) is 5.11 Å². The molecule has 0 spiro atoms. The zero-order chi connectivity index (χ0) is 9.85. The van der Waals surface area contributed by atoms with Crippen LogP contribution in [0.2, 0.25) is 0 Å². The van der Waals surface area contributed by atoms with Crippen molar-refractivity contribution in [3.8, 4) is 0 Å². The molecule has 0 aromatic rings. The maximum Gasteiger partial charge on any atom is 0.0777 e. The molecule has 2 bridgehead atoms. The van der Waals surface area contributed by atoms with Crippen LogP contribution < -0.4 is 5.48 Å². The Morgan fingerprint density at radius 3 is 2.23 bits per heavy atom. The number of hydrogen-bond donors (Lipinski definition) is 3. The molecule has 13 heavy (non-hydrogen) atoms. The van der Waals surface area contributed by atoms with Gasteiger partial charge in [0.05, 0.1) is 12.1 Å². The van der Waals surface area contributed by atoms with Gasteiger partial charge in [-0.3, -0.25) is 0 Å². The minimum Gasteiger partial charge on any atom is -0.391 e. The standard InChI is InChI=1S/C10H19NO2/c1-9(2)6-4-5-10(9,3)8(12)7(6)11-13/h6-8,11-13H,4-5H2,1-3H3/t6-,7-,8+,10-/m0/s1. The molecule has 2 saturated carbocycles. The number of aliphatic hydroxyl groups is 1. The third-order valence-electron chi connectivity index (χ3n) is 4.95. The van der Waals surface area contributed by atoms with Crippen LogP contribution in [0.4, 0.5) is 0 Å². The fourth-order valence-electron chi connectivity index (χ4n) is 3.50. The van der Waals surface area contributed by atoms with Crippen LogP contribution in [0.3, 0.4) is 0 Å². The Bertz CT molecular complexity index is 229. The molecular formula is C10H19NO2. The summed E-state index contributed by atoms with van der Waals surface area (Å²) in [7, 11) is 0. The fraction of sp³-hybridized carbons (Fsp3) is 1.00. The minimum atomic E-state index is -0.411. The molecule has 0 aromatic heterocycles. The van der Waals surface area contributed by atoms with Crippen LogP contribution in [0.5, 0.6) is 0 Å². The van der Waals surface area contributed by atoms with Gasteiger partial charge in [0.1, 0.15) is 0 Å². The number of aliphatic hydroxyl groups excluding tert-OH is 1. The average Bonchev–Trinajstić information content (AvgIpc) is 2.36. The van der Waals surface area contributed by atoms with E-state index in [0.29, 0.717) is 5.92 Å². The van der Waals surface area contributed by atoms with Crippen molar-refractivity contribution in [3.05, 3.63) is 0 Å². The lowest BCUT2D eigenvalue weighted by Crippen LogP contribution is -2.45. The van der Waals surface area contributed by atoms with Crippen LogP contribution in [0, 0.1) is 16.7 Å². The lowest BCUT2D eigenvalue weighted by Gasteiger charge is -2.36. The summed E-state index contributed by atoms with van der Waals surface area (Å²) in [5, 5.41) is 19.0. The molecule has 0 saturated heterocycles. The number of hydroxylamine groups is 1. The SMILES string of the molecule is CC1(C)[C@H]2CC[C@@]1(C)[C@H](O)[C@H]2NO. The Morgan fingerprint density at radius 1 is 1.31 bits per heavy atom. The zero-order valence-corrected chi connectivity index (χ0v) is 8.54. The topological polar surface area (TPSA) is 52.5 Å². The van der Waals surface area contributed by atoms with E-state index in [1.54, 1.807) is 0 Å². The van der Waals surface area contributed by atoms with Crippen LogP contribution >= 0.6 is 0 Å². The van der Waals surface area contributed by atoms with Crippen molar-refractivity contribution in [2.24, 2.45) is 16.7 Å². The molecular weight excluding hydrogens is 166 g/mol. The van der Waals surface area contributed by atoms with Crippen molar-refractivity contribution >= 4 is 0 Å². The van der Waals surface area contributed by atoms with E-state index in [1.165, 1.54) is 0 Å². The Hall–Kier alpha value is -0.120. The predicted octanol–water partition coefficient (Wildman–Crippen LogP) is 1.15. The quantitative estimate of drug-likeness (QED) is 0.537. The van der Waals surface area contributed by atoms with Crippen LogP contribution in [0.15, 0.2) is 0 Å². The van der Waals surface area contributed by atoms with Crippen LogP contribution in [0.25, 0.3) is 0 Å². The van der Waals surface area contributed by atoms with Gasteiger partial charge in [0, 0.05) is 5.41 Å². The van der Waals surface area contributed by atoms with Crippen LogP contribution in [0.1, 0.15) is 33.6 Å². The summed E-state index contributed by atoms with van der Waals surface area (Å²) in [5.74, 6) is 0.400. The predicted molar refractivity (Wildman–Crippen MR) is 49.3 cm³/mol. The maximum atomic E-state index is 10.1. The summed E-state index contributed by atoms with van der Waals surface area (Å²) in [6.07, 6.45) is 1.77. The first-order valence-electron chi connectivity index (χ1n) is 5.03. The average molecular weight is 185 g/mol. The van der Waals surface area contributed by atoms with Gasteiger partial charge in [0.15, 0.2) is 0 Å². The summed E-state index contributed by atoms with van der Waals surface area (Å²) >= 11 is 0. The van der Waals surface area contributed by atoms with E-state index in [2.05, 4.69) is 26.3 Å². The van der Waals surface area contributed by atoms with E-state index < -0.39 is 6.10 Å². The van der Waals surface area contributed by atoms with Crippen molar-refractivity contribution in [1.29, 1.82) is 0 Å². The highest BCUT2D eigenvalue weighted by Gasteiger charge is 2.65. The van der Waals surface area contributed by atoms with Crippen molar-refractivity contribution in [1.82, 2.24) is 5.48 Å². The van der Waals surface area contributed by atoms with E-state index in [-0.39, 0.29) is 16.9 Å². The molecule has 2 rings (SSSR count). The summed E-state index contributed by atoms with van der Waals surface area (Å²) < 4.78 is 0. The molecule has 2 aliphatic rings. The summed E-state index contributed by atoms with van der Waals surface area (Å²) in [5.41, 5.74) is 2.38. The molecule has 3 nitrogen and oxygen atoms in total. The normalized spacial score (nSPS) is 52.8. The Balaban J connectivity index is 2.39. The molecule has 0 heterocycles. The molecule has 2 aliphatic carbocycles. The van der Waals surface area contributed by atoms with Gasteiger partial charge < -0.3 is 10.3 Å². The van der Waals surface area contributed by atoms with E-state index in [4.69, 9.17) is 5.21 Å². The molecule has 0 aliphatic heterocycles. The van der Waals surface area contributed by atoms with Crippen LogP contribution in [-0.2, 0) is 0 Å². The third-order valence-corrected chi connectivity index (χ3v) is 4.95. The molecule has 0 unspecified atom stereocenters. The highest BCUT2D eigenvalue weighted by atomic mass is 16.5. The lowest BCUT2D eigenvalue weighted by molar-refractivity contribution is -0.0284. The molecule has 3 N–H and O–H groups in total. The summed E-state index contributed by atoms with van der Waals surface area (Å²) in [6, 6.07) is -0.131. The minimum absolute atomic E-state index is 0.0297. The Morgan fingerprint density at radius 2 is 1.92 bits per heavy atom. The number of rotatable bonds is 1. The maximum absolute atomic E-state index is 10.1. The lowest BCUT2D eigenvalue weighted by atomic mass is 9.70. The Labute approximate surface area is 79.1 Å². The molecule has 0 amide bonds. The van der Waals surface area contributed by atoms with Gasteiger partial charge in [0.25, 0.3) is 0 Å². The van der Waals surface area contributed by atoms with Gasteiger partial charge in [-0.1, -0.05) is 20.8 Å². The van der Waals surface area contributed by atoms with Crippen molar-refractivity contribution < 1.29 is 10.3 Å². The van der Waals surface area contributed by atoms with Gasteiger partial charge >= 0.3 is 0 Å². The third kappa shape index (κ3) is 0.853. The van der Waals surface area contributed by atoms with Gasteiger partial charge in [-0.05, 0) is 24.2 Å². The van der Waals surface area contributed by atoms with E-state index in [0.717, 1.165) is 12.8 Å². The second-order valence-electron chi connectivity index (χ2n) is 5.38. The second-order valence-corrected chi connectivity index (χ2v) is 5.38. The van der Waals surface area contributed by atoms with Crippen molar-refractivity contribution in [3.63, 3.8) is 0 Å². The first-order chi connectivity index (χ1) is 5.95. The molecule has 76 valence electrons. The molecule has 0 radical (unpaired) electrons. The Kier molecular flexibility index (Phi) is 1.79.